The molecule has 24 heavy (non-hydrogen) atoms. The predicted octanol–water partition coefficient (Wildman–Crippen LogP) is 0.419. The lowest BCUT2D eigenvalue weighted by atomic mass is 10.1. The topological polar surface area (TPSA) is 79.0 Å². The Morgan fingerprint density at radius 2 is 1.79 bits per heavy atom. The van der Waals surface area contributed by atoms with Crippen LogP contribution in [0.25, 0.3) is 0 Å². The lowest BCUT2D eigenvalue weighted by Crippen LogP contribution is -2.47. The minimum Gasteiger partial charge on any atom is -0.379 e. The van der Waals surface area contributed by atoms with Gasteiger partial charge < -0.3 is 10.1 Å². The fraction of sp³-hybridized carbons (Fsp3) is 0.938. The molecule has 0 aromatic heterocycles. The maximum Gasteiger partial charge on any atom is 0.235 e. The second kappa shape index (κ2) is 9.70. The van der Waals surface area contributed by atoms with Crippen molar-refractivity contribution in [1.82, 2.24) is 14.5 Å². The first-order chi connectivity index (χ1) is 11.5. The average molecular weight is 362 g/mol. The van der Waals surface area contributed by atoms with Crippen molar-refractivity contribution in [2.24, 2.45) is 0 Å². The summed E-state index contributed by atoms with van der Waals surface area (Å²) in [5.74, 6) is -0.210. The van der Waals surface area contributed by atoms with Crippen molar-refractivity contribution in [3.8, 4) is 0 Å². The lowest BCUT2D eigenvalue weighted by Gasteiger charge is -2.29. The lowest BCUT2D eigenvalue weighted by molar-refractivity contribution is -0.121. The van der Waals surface area contributed by atoms with Gasteiger partial charge in [0.25, 0.3) is 0 Å². The van der Waals surface area contributed by atoms with E-state index in [0.717, 1.165) is 71.4 Å². The molecule has 140 valence electrons. The summed E-state index contributed by atoms with van der Waals surface area (Å²) >= 11 is 0. The standard InChI is InChI=1S/C16H31N3O4S/c1-24(21,22)19(15-6-4-2-3-5-7-15)14-16(20)17-8-9-18-10-12-23-13-11-18/h15H,2-14H2,1H3,(H,17,20). The van der Waals surface area contributed by atoms with Crippen LogP contribution in [-0.2, 0) is 19.6 Å². The Kier molecular flexibility index (Phi) is 7.93. The molecule has 0 unspecified atom stereocenters. The van der Waals surface area contributed by atoms with Crippen molar-refractivity contribution in [3.63, 3.8) is 0 Å². The third-order valence-corrected chi connectivity index (χ3v) is 6.09. The van der Waals surface area contributed by atoms with Crippen LogP contribution >= 0.6 is 0 Å². The third-order valence-electron chi connectivity index (χ3n) is 4.81. The molecule has 0 aromatic rings. The molecule has 0 aromatic carbocycles. The van der Waals surface area contributed by atoms with Gasteiger partial charge in [-0.2, -0.15) is 4.31 Å². The number of morpholine rings is 1. The van der Waals surface area contributed by atoms with Gasteiger partial charge in [-0.15, -0.1) is 0 Å². The number of ether oxygens (including phenoxy) is 1. The van der Waals surface area contributed by atoms with E-state index >= 15 is 0 Å². The van der Waals surface area contributed by atoms with Gasteiger partial charge in [0.15, 0.2) is 0 Å². The smallest absolute Gasteiger partial charge is 0.235 e. The Morgan fingerprint density at radius 3 is 2.38 bits per heavy atom. The molecule has 2 fully saturated rings. The Hall–Kier alpha value is -0.700. The molecular formula is C16H31N3O4S. The first-order valence-electron chi connectivity index (χ1n) is 9.00. The molecular weight excluding hydrogens is 330 g/mol. The summed E-state index contributed by atoms with van der Waals surface area (Å²) in [6.07, 6.45) is 7.30. The number of sulfonamides is 1. The highest BCUT2D eigenvalue weighted by atomic mass is 32.2. The normalized spacial score (nSPS) is 21.6. The molecule has 1 aliphatic carbocycles. The molecule has 1 saturated heterocycles. The molecule has 1 saturated carbocycles. The number of nitrogens with zero attached hydrogens (tertiary/aromatic N) is 2. The molecule has 1 N–H and O–H groups in total. The van der Waals surface area contributed by atoms with Crippen molar-refractivity contribution in [2.45, 2.75) is 44.6 Å². The van der Waals surface area contributed by atoms with E-state index in [9.17, 15) is 13.2 Å². The first kappa shape index (κ1) is 19.6. The number of nitrogens with one attached hydrogen (secondary N) is 1. The zero-order chi connectivity index (χ0) is 17.4. The van der Waals surface area contributed by atoms with Crippen LogP contribution in [0.15, 0.2) is 0 Å². The van der Waals surface area contributed by atoms with E-state index in [2.05, 4.69) is 10.2 Å². The number of rotatable bonds is 7. The second-order valence-electron chi connectivity index (χ2n) is 6.76. The molecule has 1 heterocycles. The summed E-state index contributed by atoms with van der Waals surface area (Å²) in [5.41, 5.74) is 0. The minimum atomic E-state index is -3.38. The summed E-state index contributed by atoms with van der Waals surface area (Å²) in [6, 6.07) is -0.0347. The van der Waals surface area contributed by atoms with Crippen molar-refractivity contribution in [1.29, 1.82) is 0 Å². The quantitative estimate of drug-likeness (QED) is 0.665. The minimum absolute atomic E-state index is 0.0347. The van der Waals surface area contributed by atoms with Gasteiger partial charge >= 0.3 is 0 Å². The second-order valence-corrected chi connectivity index (χ2v) is 8.69. The summed E-state index contributed by atoms with van der Waals surface area (Å²) in [4.78, 5) is 14.4. The Bertz CT molecular complexity index is 484. The van der Waals surface area contributed by atoms with Crippen molar-refractivity contribution >= 4 is 15.9 Å². The highest BCUT2D eigenvalue weighted by Gasteiger charge is 2.29. The maximum absolute atomic E-state index is 12.2. The largest absolute Gasteiger partial charge is 0.379 e. The fourth-order valence-corrected chi connectivity index (χ4v) is 4.54. The van der Waals surface area contributed by atoms with Crippen LogP contribution in [0.2, 0.25) is 0 Å². The van der Waals surface area contributed by atoms with E-state index < -0.39 is 10.0 Å². The zero-order valence-corrected chi connectivity index (χ0v) is 15.5. The monoisotopic (exact) mass is 361 g/mol. The zero-order valence-electron chi connectivity index (χ0n) is 14.7. The first-order valence-corrected chi connectivity index (χ1v) is 10.9. The molecule has 1 aliphatic heterocycles. The summed E-state index contributed by atoms with van der Waals surface area (Å²) in [7, 11) is -3.38. The molecule has 0 radical (unpaired) electrons. The number of amides is 1. The third kappa shape index (κ3) is 6.66. The van der Waals surface area contributed by atoms with Crippen LogP contribution < -0.4 is 5.32 Å². The van der Waals surface area contributed by atoms with E-state index in [1.54, 1.807) is 0 Å². The molecule has 8 heteroatoms. The van der Waals surface area contributed by atoms with Crippen LogP contribution in [0.3, 0.4) is 0 Å². The Balaban J connectivity index is 1.80. The molecule has 2 aliphatic rings. The Morgan fingerprint density at radius 1 is 1.17 bits per heavy atom. The van der Waals surface area contributed by atoms with Crippen molar-refractivity contribution < 1.29 is 17.9 Å². The number of hydrogen-bond donors (Lipinski definition) is 1. The van der Waals surface area contributed by atoms with Gasteiger partial charge in [-0.1, -0.05) is 25.7 Å². The summed E-state index contributed by atoms with van der Waals surface area (Å²) < 4.78 is 30.9. The number of hydrogen-bond acceptors (Lipinski definition) is 5. The van der Waals surface area contributed by atoms with E-state index in [1.165, 1.54) is 10.6 Å². The van der Waals surface area contributed by atoms with Gasteiger partial charge in [-0.3, -0.25) is 9.69 Å². The fourth-order valence-electron chi connectivity index (χ4n) is 3.44. The van der Waals surface area contributed by atoms with Crippen LogP contribution in [0, 0.1) is 0 Å². The van der Waals surface area contributed by atoms with Crippen molar-refractivity contribution in [3.05, 3.63) is 0 Å². The predicted molar refractivity (Wildman–Crippen MR) is 93.3 cm³/mol. The van der Waals surface area contributed by atoms with Gasteiger partial charge in [0.05, 0.1) is 26.0 Å². The molecule has 0 bridgehead atoms. The van der Waals surface area contributed by atoms with E-state index in [1.807, 2.05) is 0 Å². The van der Waals surface area contributed by atoms with Crippen LogP contribution in [-0.4, -0.2) is 81.8 Å². The maximum atomic E-state index is 12.2. The van der Waals surface area contributed by atoms with Crippen LogP contribution in [0.4, 0.5) is 0 Å². The van der Waals surface area contributed by atoms with Gasteiger partial charge in [0, 0.05) is 32.2 Å². The average Bonchev–Trinajstić information content (AvgIpc) is 2.81. The Labute approximate surface area is 145 Å². The van der Waals surface area contributed by atoms with Crippen LogP contribution in [0.1, 0.15) is 38.5 Å². The van der Waals surface area contributed by atoms with Gasteiger partial charge in [-0.05, 0) is 12.8 Å². The number of carbonyl (C=O) groups is 1. The molecule has 0 atom stereocenters. The highest BCUT2D eigenvalue weighted by Crippen LogP contribution is 2.23. The molecule has 1 amide bonds. The van der Waals surface area contributed by atoms with Gasteiger partial charge in [0.1, 0.15) is 0 Å². The van der Waals surface area contributed by atoms with E-state index in [0.29, 0.717) is 6.54 Å². The molecule has 2 rings (SSSR count). The SMILES string of the molecule is CS(=O)(=O)N(CC(=O)NCCN1CCOCC1)C1CCCCCC1. The van der Waals surface area contributed by atoms with Gasteiger partial charge in [-0.25, -0.2) is 8.42 Å². The van der Waals surface area contributed by atoms with Gasteiger partial charge in [0.2, 0.25) is 15.9 Å². The molecule has 0 spiro atoms. The van der Waals surface area contributed by atoms with Crippen molar-refractivity contribution in [2.75, 3.05) is 52.2 Å². The summed E-state index contributed by atoms with van der Waals surface area (Å²) in [5, 5.41) is 2.86. The summed E-state index contributed by atoms with van der Waals surface area (Å²) in [6.45, 7) is 4.49. The van der Waals surface area contributed by atoms with E-state index in [4.69, 9.17) is 4.74 Å². The van der Waals surface area contributed by atoms with E-state index in [-0.39, 0.29) is 18.5 Å². The highest BCUT2D eigenvalue weighted by molar-refractivity contribution is 7.88. The number of carbonyl (C=O) groups excluding carboxylic acids is 1. The van der Waals surface area contributed by atoms with Crippen LogP contribution in [0.5, 0.6) is 0 Å². The molecule has 7 nitrogen and oxygen atoms in total.